The van der Waals surface area contributed by atoms with Gasteiger partial charge in [0.1, 0.15) is 6.07 Å². The molecule has 8 aromatic carbocycles. The summed E-state index contributed by atoms with van der Waals surface area (Å²) in [5.74, 6) is 0. The van der Waals surface area contributed by atoms with Crippen molar-refractivity contribution >= 4 is 79.7 Å². The first-order valence-corrected chi connectivity index (χ1v) is 19.9. The van der Waals surface area contributed by atoms with Crippen LogP contribution in [-0.2, 0) is 0 Å². The number of hydrogen-bond donors (Lipinski definition) is 0. The van der Waals surface area contributed by atoms with Crippen molar-refractivity contribution in [2.24, 2.45) is 0 Å². The van der Waals surface area contributed by atoms with E-state index >= 15 is 0 Å². The molecule has 0 spiro atoms. The van der Waals surface area contributed by atoms with Gasteiger partial charge in [-0.15, -0.1) is 0 Å². The molecule has 8 rings (SSSR count). The molecule has 0 aliphatic heterocycles. The van der Waals surface area contributed by atoms with E-state index in [0.717, 1.165) is 33.8 Å². The number of benzene rings is 8. The second-order valence-electron chi connectivity index (χ2n) is 13.3. The molecule has 0 heterocycles. The van der Waals surface area contributed by atoms with Gasteiger partial charge in [0, 0.05) is 27.8 Å². The van der Waals surface area contributed by atoms with Crippen LogP contribution in [0.1, 0.15) is 5.56 Å². The molecule has 0 aliphatic rings. The monoisotopic (exact) mass is 633 g/mol. The third kappa shape index (κ3) is 4.88. The highest BCUT2D eigenvalue weighted by Crippen LogP contribution is 2.47. The molecule has 0 unspecified atom stereocenters. The molecular weight excluding hydrogens is 599 g/mol. The van der Waals surface area contributed by atoms with E-state index in [1.165, 1.54) is 37.8 Å². The van der Waals surface area contributed by atoms with Crippen molar-refractivity contribution in [2.75, 3.05) is 9.80 Å². The second-order valence-corrected chi connectivity index (χ2v) is 18.4. The first-order chi connectivity index (χ1) is 23.4. The zero-order chi connectivity index (χ0) is 32.8. The number of nitriles is 1. The summed E-state index contributed by atoms with van der Waals surface area (Å²) in [6.07, 6.45) is 0. The number of para-hydroxylation sites is 4. The molecule has 8 aromatic rings. The van der Waals surface area contributed by atoms with Crippen LogP contribution in [0.4, 0.5) is 34.1 Å². The van der Waals surface area contributed by atoms with Gasteiger partial charge in [0.05, 0.1) is 30.7 Å². The van der Waals surface area contributed by atoms with Gasteiger partial charge in [-0.2, -0.15) is 5.26 Å². The number of nitrogens with zero attached hydrogens (tertiary/aromatic N) is 3. The minimum Gasteiger partial charge on any atom is -0.310 e. The van der Waals surface area contributed by atoms with Crippen LogP contribution in [0, 0.1) is 11.3 Å². The summed E-state index contributed by atoms with van der Waals surface area (Å²) in [5.41, 5.74) is 7.08. The number of rotatable bonds is 7. The molecule has 4 heteroatoms. The van der Waals surface area contributed by atoms with E-state index in [4.69, 9.17) is 0 Å². The Bertz CT molecular complexity index is 2460. The Hall–Kier alpha value is -5.89. The van der Waals surface area contributed by atoms with E-state index in [1.807, 2.05) is 30.3 Å². The number of anilines is 6. The molecule has 0 bridgehead atoms. The van der Waals surface area contributed by atoms with Crippen LogP contribution in [0.15, 0.2) is 158 Å². The molecule has 0 fully saturated rings. The molecule has 0 amide bonds. The van der Waals surface area contributed by atoms with Gasteiger partial charge < -0.3 is 9.80 Å². The average Bonchev–Trinajstić information content (AvgIpc) is 3.12. The lowest BCUT2D eigenvalue weighted by Gasteiger charge is -2.32. The van der Waals surface area contributed by atoms with Crippen molar-refractivity contribution in [3.63, 3.8) is 0 Å². The molecule has 0 saturated heterocycles. The maximum absolute atomic E-state index is 10.2. The molecule has 0 aliphatic carbocycles. The van der Waals surface area contributed by atoms with Crippen molar-refractivity contribution < 1.29 is 0 Å². The van der Waals surface area contributed by atoms with E-state index in [-0.39, 0.29) is 0 Å². The van der Waals surface area contributed by atoms with Crippen LogP contribution in [0.5, 0.6) is 0 Å². The van der Waals surface area contributed by atoms with Crippen molar-refractivity contribution in [3.05, 3.63) is 163 Å². The third-order valence-electron chi connectivity index (χ3n) is 9.35. The highest BCUT2D eigenvalue weighted by molar-refractivity contribution is 6.89. The lowest BCUT2D eigenvalue weighted by Crippen LogP contribution is -2.40. The van der Waals surface area contributed by atoms with Crippen LogP contribution in [-0.4, -0.2) is 8.07 Å². The lowest BCUT2D eigenvalue weighted by atomic mass is 9.91. The zero-order valence-corrected chi connectivity index (χ0v) is 28.4. The standard InChI is InChI=1S/C44H35N3Si/c1-48(2,3)42-21-13-12-20-41(42)47(35-17-8-5-9-18-35)40-29-25-32-22-26-36-39(28-24-31-23-27-37(40)44(32)43(31)36)46(34-15-6-4-7-16-34)38-19-11-10-14-33(38)30-45/h4-29H,1-3H3. The van der Waals surface area contributed by atoms with E-state index in [1.54, 1.807) is 0 Å². The van der Waals surface area contributed by atoms with Crippen LogP contribution in [0.2, 0.25) is 19.6 Å². The van der Waals surface area contributed by atoms with Crippen LogP contribution in [0.3, 0.4) is 0 Å². The van der Waals surface area contributed by atoms with Gasteiger partial charge in [0.15, 0.2) is 0 Å². The Morgan fingerprint density at radius 2 is 0.875 bits per heavy atom. The predicted octanol–water partition coefficient (Wildman–Crippen LogP) is 11.9. The van der Waals surface area contributed by atoms with Gasteiger partial charge in [-0.1, -0.05) is 123 Å². The molecule has 0 radical (unpaired) electrons. The molecule has 0 aromatic heterocycles. The van der Waals surface area contributed by atoms with Gasteiger partial charge in [0.25, 0.3) is 0 Å². The van der Waals surface area contributed by atoms with Gasteiger partial charge in [-0.25, -0.2) is 0 Å². The Morgan fingerprint density at radius 1 is 0.438 bits per heavy atom. The topological polar surface area (TPSA) is 30.3 Å². The number of hydrogen-bond acceptors (Lipinski definition) is 3. The maximum atomic E-state index is 10.2. The Kier molecular flexibility index (Phi) is 7.21. The van der Waals surface area contributed by atoms with E-state index in [9.17, 15) is 5.26 Å². The first kappa shape index (κ1) is 29.5. The SMILES string of the molecule is C[Si](C)(C)c1ccccc1N(c1ccccc1)c1ccc2ccc3c(N(c4ccccc4)c4ccccc4C#N)ccc4ccc1c2c43. The van der Waals surface area contributed by atoms with E-state index < -0.39 is 8.07 Å². The quantitative estimate of drug-likeness (QED) is 0.129. The Morgan fingerprint density at radius 3 is 1.40 bits per heavy atom. The Labute approximate surface area is 282 Å². The van der Waals surface area contributed by atoms with E-state index in [0.29, 0.717) is 5.56 Å². The van der Waals surface area contributed by atoms with Crippen LogP contribution < -0.4 is 15.0 Å². The van der Waals surface area contributed by atoms with Gasteiger partial charge >= 0.3 is 0 Å². The summed E-state index contributed by atoms with van der Waals surface area (Å²) in [6.45, 7) is 7.26. The summed E-state index contributed by atoms with van der Waals surface area (Å²) < 4.78 is 0. The van der Waals surface area contributed by atoms with Gasteiger partial charge in [-0.05, 0) is 81.3 Å². The fourth-order valence-electron chi connectivity index (χ4n) is 7.20. The maximum Gasteiger partial charge on any atom is 0.101 e. The summed E-state index contributed by atoms with van der Waals surface area (Å²) in [7, 11) is -1.70. The van der Waals surface area contributed by atoms with Crippen LogP contribution >= 0.6 is 0 Å². The van der Waals surface area contributed by atoms with Gasteiger partial charge in [0.2, 0.25) is 0 Å². The summed E-state index contributed by atoms with van der Waals surface area (Å²) in [6, 6.07) is 58.4. The molecule has 0 N–H and O–H groups in total. The van der Waals surface area contributed by atoms with Crippen molar-refractivity contribution in [2.45, 2.75) is 19.6 Å². The van der Waals surface area contributed by atoms with Crippen molar-refractivity contribution in [3.8, 4) is 6.07 Å². The normalized spacial score (nSPS) is 11.6. The first-order valence-electron chi connectivity index (χ1n) is 16.4. The molecular formula is C44H35N3Si. The zero-order valence-electron chi connectivity index (χ0n) is 27.4. The smallest absolute Gasteiger partial charge is 0.101 e. The molecule has 3 nitrogen and oxygen atoms in total. The largest absolute Gasteiger partial charge is 0.310 e. The van der Waals surface area contributed by atoms with E-state index in [2.05, 4.69) is 163 Å². The van der Waals surface area contributed by atoms with Crippen molar-refractivity contribution in [1.29, 1.82) is 5.26 Å². The molecule has 48 heavy (non-hydrogen) atoms. The highest BCUT2D eigenvalue weighted by Gasteiger charge is 2.26. The summed E-state index contributed by atoms with van der Waals surface area (Å²) in [4.78, 5) is 4.69. The lowest BCUT2D eigenvalue weighted by molar-refractivity contribution is 1.28. The van der Waals surface area contributed by atoms with Gasteiger partial charge in [-0.3, -0.25) is 0 Å². The minimum atomic E-state index is -1.70. The summed E-state index contributed by atoms with van der Waals surface area (Å²) in [5, 5.41) is 18.8. The highest BCUT2D eigenvalue weighted by atomic mass is 28.3. The molecule has 0 saturated carbocycles. The second kappa shape index (κ2) is 11.7. The fraction of sp³-hybridized carbons (Fsp3) is 0.0682. The Balaban J connectivity index is 1.43. The third-order valence-corrected chi connectivity index (χ3v) is 11.4. The van der Waals surface area contributed by atoms with Crippen molar-refractivity contribution in [1.82, 2.24) is 0 Å². The summed E-state index contributed by atoms with van der Waals surface area (Å²) >= 11 is 0. The molecule has 230 valence electrons. The minimum absolute atomic E-state index is 0.633. The van der Waals surface area contributed by atoms with Crippen LogP contribution in [0.25, 0.3) is 32.3 Å². The molecule has 0 atom stereocenters. The predicted molar refractivity (Wildman–Crippen MR) is 207 cm³/mol. The average molecular weight is 634 g/mol. The fourth-order valence-corrected chi connectivity index (χ4v) is 8.76.